The van der Waals surface area contributed by atoms with Crippen molar-refractivity contribution in [1.29, 1.82) is 0 Å². The van der Waals surface area contributed by atoms with E-state index in [1.165, 1.54) is 6.07 Å². The van der Waals surface area contributed by atoms with Gasteiger partial charge in [0.25, 0.3) is 0 Å². The van der Waals surface area contributed by atoms with Crippen LogP contribution in [0.25, 0.3) is 0 Å². The Kier molecular flexibility index (Phi) is 3.47. The number of hydrogen-bond donors (Lipinski definition) is 2. The van der Waals surface area contributed by atoms with E-state index in [4.69, 9.17) is 5.11 Å². The van der Waals surface area contributed by atoms with Crippen LogP contribution in [0.15, 0.2) is 36.7 Å². The molecular weight excluding hydrogens is 232 g/mol. The van der Waals surface area contributed by atoms with Gasteiger partial charge in [0.2, 0.25) is 0 Å². The molecule has 0 aromatic carbocycles. The fourth-order valence-electron chi connectivity index (χ4n) is 1.46. The van der Waals surface area contributed by atoms with Crippen molar-refractivity contribution in [3.63, 3.8) is 0 Å². The fourth-order valence-corrected chi connectivity index (χ4v) is 1.46. The van der Waals surface area contributed by atoms with E-state index in [2.05, 4.69) is 20.5 Å². The second kappa shape index (κ2) is 5.22. The van der Waals surface area contributed by atoms with Crippen LogP contribution in [0.2, 0.25) is 0 Å². The summed E-state index contributed by atoms with van der Waals surface area (Å²) in [5.41, 5.74) is 0.941. The first-order valence-corrected chi connectivity index (χ1v) is 5.40. The minimum absolute atomic E-state index is 0.0173. The highest BCUT2D eigenvalue weighted by molar-refractivity contribution is 5.85. The summed E-state index contributed by atoms with van der Waals surface area (Å²) in [6.07, 6.45) is 3.47. The SMILES string of the molecule is CC(Nc1ccc(C(=O)O)nn1)c1cccnc1. The molecule has 0 aliphatic carbocycles. The maximum atomic E-state index is 10.6. The smallest absolute Gasteiger partial charge is 0.356 e. The van der Waals surface area contributed by atoms with Crippen molar-refractivity contribution < 1.29 is 9.90 Å². The number of rotatable bonds is 4. The normalized spacial score (nSPS) is 11.8. The zero-order chi connectivity index (χ0) is 13.0. The molecule has 92 valence electrons. The lowest BCUT2D eigenvalue weighted by Crippen LogP contribution is -2.10. The van der Waals surface area contributed by atoms with Gasteiger partial charge >= 0.3 is 5.97 Å². The third-order valence-corrected chi connectivity index (χ3v) is 2.43. The van der Waals surface area contributed by atoms with Crippen LogP contribution in [0, 0.1) is 0 Å². The Balaban J connectivity index is 2.08. The molecule has 2 aromatic rings. The third-order valence-electron chi connectivity index (χ3n) is 2.43. The Morgan fingerprint density at radius 2 is 2.17 bits per heavy atom. The molecule has 0 amide bonds. The van der Waals surface area contributed by atoms with Crippen molar-refractivity contribution in [1.82, 2.24) is 15.2 Å². The molecule has 0 aliphatic heterocycles. The third kappa shape index (κ3) is 2.79. The molecular formula is C12H12N4O2. The van der Waals surface area contributed by atoms with Crippen LogP contribution in [0.4, 0.5) is 5.82 Å². The predicted molar refractivity (Wildman–Crippen MR) is 65.3 cm³/mol. The predicted octanol–water partition coefficient (Wildman–Crippen LogP) is 1.74. The summed E-state index contributed by atoms with van der Waals surface area (Å²) < 4.78 is 0. The lowest BCUT2D eigenvalue weighted by molar-refractivity contribution is 0.0689. The highest BCUT2D eigenvalue weighted by Crippen LogP contribution is 2.15. The molecule has 1 atom stereocenters. The number of carbonyl (C=O) groups is 1. The molecule has 2 N–H and O–H groups in total. The summed E-state index contributed by atoms with van der Waals surface area (Å²) in [5.74, 6) is -0.564. The Hall–Kier alpha value is -2.50. The second-order valence-electron chi connectivity index (χ2n) is 3.76. The number of nitrogens with zero attached hydrogens (tertiary/aromatic N) is 3. The van der Waals surface area contributed by atoms with E-state index in [0.717, 1.165) is 5.56 Å². The van der Waals surface area contributed by atoms with Gasteiger partial charge in [-0.05, 0) is 30.7 Å². The highest BCUT2D eigenvalue weighted by atomic mass is 16.4. The number of carboxylic acids is 1. The molecule has 18 heavy (non-hydrogen) atoms. The summed E-state index contributed by atoms with van der Waals surface area (Å²) in [5, 5.41) is 19.2. The molecule has 0 fully saturated rings. The molecule has 2 rings (SSSR count). The highest BCUT2D eigenvalue weighted by Gasteiger charge is 2.08. The molecule has 2 heterocycles. The van der Waals surface area contributed by atoms with Crippen LogP contribution >= 0.6 is 0 Å². The van der Waals surface area contributed by atoms with E-state index in [1.807, 2.05) is 19.1 Å². The standard InChI is InChI=1S/C12H12N4O2/c1-8(9-3-2-6-13-7-9)14-11-5-4-10(12(17)18)15-16-11/h2-8H,1H3,(H,14,16)(H,17,18). The molecule has 0 saturated heterocycles. The average molecular weight is 244 g/mol. The summed E-state index contributed by atoms with van der Waals surface area (Å²) in [6, 6.07) is 6.82. The molecule has 0 radical (unpaired) electrons. The van der Waals surface area contributed by atoms with Gasteiger partial charge < -0.3 is 10.4 Å². The summed E-state index contributed by atoms with van der Waals surface area (Å²) in [6.45, 7) is 1.96. The van der Waals surface area contributed by atoms with E-state index >= 15 is 0 Å². The van der Waals surface area contributed by atoms with Gasteiger partial charge in [-0.1, -0.05) is 6.07 Å². The average Bonchev–Trinajstić information content (AvgIpc) is 2.40. The van der Waals surface area contributed by atoms with Gasteiger partial charge in [-0.25, -0.2) is 4.79 Å². The zero-order valence-corrected chi connectivity index (χ0v) is 9.74. The number of aromatic nitrogens is 3. The maximum absolute atomic E-state index is 10.6. The molecule has 1 unspecified atom stereocenters. The monoisotopic (exact) mass is 244 g/mol. The topological polar surface area (TPSA) is 88.0 Å². The van der Waals surface area contributed by atoms with Crippen LogP contribution in [-0.2, 0) is 0 Å². The van der Waals surface area contributed by atoms with E-state index < -0.39 is 5.97 Å². The van der Waals surface area contributed by atoms with Gasteiger partial charge in [-0.2, -0.15) is 0 Å². The summed E-state index contributed by atoms with van der Waals surface area (Å²) in [7, 11) is 0. The summed E-state index contributed by atoms with van der Waals surface area (Å²) in [4.78, 5) is 14.7. The minimum atomic E-state index is -1.09. The number of pyridine rings is 1. The van der Waals surface area contributed by atoms with Gasteiger partial charge in [-0.15, -0.1) is 10.2 Å². The number of carboxylic acid groups (broad SMARTS) is 1. The fraction of sp³-hybridized carbons (Fsp3) is 0.167. The minimum Gasteiger partial charge on any atom is -0.476 e. The lowest BCUT2D eigenvalue weighted by Gasteiger charge is -2.13. The van der Waals surface area contributed by atoms with Gasteiger partial charge in [0, 0.05) is 12.4 Å². The number of aromatic carboxylic acids is 1. The van der Waals surface area contributed by atoms with Gasteiger partial charge in [-0.3, -0.25) is 4.98 Å². The van der Waals surface area contributed by atoms with Gasteiger partial charge in [0.15, 0.2) is 5.69 Å². The molecule has 0 bridgehead atoms. The first-order valence-electron chi connectivity index (χ1n) is 5.40. The Bertz CT molecular complexity index is 528. The van der Waals surface area contributed by atoms with Gasteiger partial charge in [0.1, 0.15) is 5.82 Å². The maximum Gasteiger partial charge on any atom is 0.356 e. The first kappa shape index (κ1) is 12.0. The van der Waals surface area contributed by atoms with Crippen molar-refractivity contribution in [3.8, 4) is 0 Å². The van der Waals surface area contributed by atoms with E-state index in [0.29, 0.717) is 5.82 Å². The molecule has 0 aliphatic rings. The van der Waals surface area contributed by atoms with Crippen molar-refractivity contribution in [2.75, 3.05) is 5.32 Å². The zero-order valence-electron chi connectivity index (χ0n) is 9.74. The Morgan fingerprint density at radius 3 is 2.72 bits per heavy atom. The van der Waals surface area contributed by atoms with Gasteiger partial charge in [0.05, 0.1) is 6.04 Å². The largest absolute Gasteiger partial charge is 0.476 e. The van der Waals surface area contributed by atoms with Crippen LogP contribution in [0.3, 0.4) is 0 Å². The number of hydrogen-bond acceptors (Lipinski definition) is 5. The summed E-state index contributed by atoms with van der Waals surface area (Å²) >= 11 is 0. The molecule has 6 nitrogen and oxygen atoms in total. The number of nitrogens with one attached hydrogen (secondary N) is 1. The van der Waals surface area contributed by atoms with Crippen LogP contribution in [-0.4, -0.2) is 26.3 Å². The molecule has 6 heteroatoms. The van der Waals surface area contributed by atoms with E-state index in [9.17, 15) is 4.79 Å². The van der Waals surface area contributed by atoms with Crippen LogP contribution in [0.5, 0.6) is 0 Å². The van der Waals surface area contributed by atoms with Crippen molar-refractivity contribution in [2.24, 2.45) is 0 Å². The lowest BCUT2D eigenvalue weighted by atomic mass is 10.1. The van der Waals surface area contributed by atoms with E-state index in [1.54, 1.807) is 18.5 Å². The number of anilines is 1. The molecule has 0 saturated carbocycles. The quantitative estimate of drug-likeness (QED) is 0.851. The Labute approximate surface area is 104 Å². The van der Waals surface area contributed by atoms with Crippen LogP contribution in [0.1, 0.15) is 29.0 Å². The van der Waals surface area contributed by atoms with Crippen molar-refractivity contribution in [2.45, 2.75) is 13.0 Å². The van der Waals surface area contributed by atoms with Crippen molar-refractivity contribution in [3.05, 3.63) is 47.9 Å². The Morgan fingerprint density at radius 1 is 1.33 bits per heavy atom. The second-order valence-corrected chi connectivity index (χ2v) is 3.76. The van der Waals surface area contributed by atoms with Crippen molar-refractivity contribution >= 4 is 11.8 Å². The van der Waals surface area contributed by atoms with E-state index in [-0.39, 0.29) is 11.7 Å². The van der Waals surface area contributed by atoms with Crippen LogP contribution < -0.4 is 5.32 Å². The first-order chi connectivity index (χ1) is 8.66. The molecule has 0 spiro atoms. The molecule has 2 aromatic heterocycles.